The van der Waals surface area contributed by atoms with Gasteiger partial charge < -0.3 is 9.63 Å². The summed E-state index contributed by atoms with van der Waals surface area (Å²) in [4.78, 5) is 6.30. The summed E-state index contributed by atoms with van der Waals surface area (Å²) in [5.41, 5.74) is 0. The summed E-state index contributed by atoms with van der Waals surface area (Å²) in [5, 5.41) is 12.9. The van der Waals surface area contributed by atoms with Crippen LogP contribution in [0, 0.1) is 0 Å². The predicted octanol–water partition coefficient (Wildman–Crippen LogP) is 1.22. The van der Waals surface area contributed by atoms with Crippen molar-refractivity contribution in [1.82, 2.24) is 15.0 Å². The maximum Gasteiger partial charge on any atom is 0.226 e. The van der Waals surface area contributed by atoms with Crippen molar-refractivity contribution in [3.8, 4) is 0 Å². The van der Waals surface area contributed by atoms with Crippen molar-refractivity contribution < 1.29 is 9.63 Å². The van der Waals surface area contributed by atoms with Gasteiger partial charge >= 0.3 is 0 Å². The fraction of sp³-hybridized carbons (Fsp3) is 0.818. The van der Waals surface area contributed by atoms with Gasteiger partial charge in [0.25, 0.3) is 0 Å². The van der Waals surface area contributed by atoms with Crippen molar-refractivity contribution in [2.45, 2.75) is 45.7 Å². The molecule has 0 aliphatic heterocycles. The van der Waals surface area contributed by atoms with Crippen LogP contribution in [0.5, 0.6) is 0 Å². The predicted molar refractivity (Wildman–Crippen MR) is 60.9 cm³/mol. The van der Waals surface area contributed by atoms with Crippen molar-refractivity contribution >= 4 is 0 Å². The Morgan fingerprint density at radius 2 is 2.25 bits per heavy atom. The molecule has 0 fully saturated rings. The normalized spacial score (nSPS) is 13.3. The van der Waals surface area contributed by atoms with E-state index in [0.29, 0.717) is 18.3 Å². The zero-order chi connectivity index (χ0) is 12.0. The summed E-state index contributed by atoms with van der Waals surface area (Å²) >= 11 is 0. The molecular formula is C11H21N3O2. The first kappa shape index (κ1) is 13.1. The molecule has 1 rings (SSSR count). The van der Waals surface area contributed by atoms with Crippen LogP contribution in [0.4, 0.5) is 0 Å². The molecular weight excluding hydrogens is 206 g/mol. The largest absolute Gasteiger partial charge is 0.395 e. The highest BCUT2D eigenvalue weighted by atomic mass is 16.5. The van der Waals surface area contributed by atoms with Crippen LogP contribution in [0.15, 0.2) is 4.52 Å². The Hall–Kier alpha value is -0.940. The van der Waals surface area contributed by atoms with E-state index < -0.39 is 0 Å². The molecule has 0 amide bonds. The Morgan fingerprint density at radius 1 is 1.50 bits per heavy atom. The standard InChI is InChI=1S/C11H21N3O2/c1-4-5-6-11-12-10(13-16-11)7-14(3)9(2)8-15/h9,15H,4-8H2,1-3H3. The van der Waals surface area contributed by atoms with Gasteiger partial charge in [-0.25, -0.2) is 0 Å². The number of rotatable bonds is 7. The van der Waals surface area contributed by atoms with E-state index in [9.17, 15) is 0 Å². The van der Waals surface area contributed by atoms with Crippen molar-refractivity contribution in [3.05, 3.63) is 11.7 Å². The average Bonchev–Trinajstić information content (AvgIpc) is 2.72. The summed E-state index contributed by atoms with van der Waals surface area (Å²) in [6, 6.07) is 0.109. The number of likely N-dealkylation sites (N-methyl/N-ethyl adjacent to an activating group) is 1. The van der Waals surface area contributed by atoms with Crippen LogP contribution < -0.4 is 0 Å². The molecule has 0 bridgehead atoms. The Morgan fingerprint density at radius 3 is 2.88 bits per heavy atom. The Kier molecular flexibility index (Phi) is 5.42. The molecule has 0 spiro atoms. The monoisotopic (exact) mass is 227 g/mol. The molecule has 1 N–H and O–H groups in total. The number of hydrogen-bond donors (Lipinski definition) is 1. The maximum atomic E-state index is 9.00. The van der Waals surface area contributed by atoms with Crippen LogP contribution >= 0.6 is 0 Å². The van der Waals surface area contributed by atoms with E-state index >= 15 is 0 Å². The minimum Gasteiger partial charge on any atom is -0.395 e. The third-order valence-corrected chi connectivity index (χ3v) is 2.66. The highest BCUT2D eigenvalue weighted by molar-refractivity contribution is 4.86. The molecule has 1 atom stereocenters. The van der Waals surface area contributed by atoms with Gasteiger partial charge in [0.2, 0.25) is 5.89 Å². The third-order valence-electron chi connectivity index (χ3n) is 2.66. The van der Waals surface area contributed by atoms with Gasteiger partial charge in [-0.05, 0) is 20.4 Å². The van der Waals surface area contributed by atoms with Gasteiger partial charge in [-0.1, -0.05) is 18.5 Å². The number of aryl methyl sites for hydroxylation is 1. The van der Waals surface area contributed by atoms with Crippen LogP contribution in [0.2, 0.25) is 0 Å². The Labute approximate surface area is 96.5 Å². The summed E-state index contributed by atoms with van der Waals surface area (Å²) in [7, 11) is 1.93. The molecule has 5 heteroatoms. The number of hydrogen-bond acceptors (Lipinski definition) is 5. The minimum absolute atomic E-state index is 0.109. The quantitative estimate of drug-likeness (QED) is 0.759. The van der Waals surface area contributed by atoms with E-state index in [4.69, 9.17) is 9.63 Å². The van der Waals surface area contributed by atoms with Gasteiger partial charge in [-0.3, -0.25) is 4.90 Å². The van der Waals surface area contributed by atoms with E-state index in [2.05, 4.69) is 17.1 Å². The van der Waals surface area contributed by atoms with E-state index in [0.717, 1.165) is 19.3 Å². The first-order valence-corrected chi connectivity index (χ1v) is 5.80. The first-order valence-electron chi connectivity index (χ1n) is 5.80. The third kappa shape index (κ3) is 3.90. The second kappa shape index (κ2) is 6.60. The van der Waals surface area contributed by atoms with E-state index in [-0.39, 0.29) is 12.6 Å². The number of unbranched alkanes of at least 4 members (excludes halogenated alkanes) is 1. The van der Waals surface area contributed by atoms with Gasteiger partial charge in [0.1, 0.15) is 0 Å². The topological polar surface area (TPSA) is 62.4 Å². The average molecular weight is 227 g/mol. The molecule has 0 saturated heterocycles. The lowest BCUT2D eigenvalue weighted by molar-refractivity contribution is 0.150. The minimum atomic E-state index is 0.109. The van der Waals surface area contributed by atoms with Crippen molar-refractivity contribution in [2.24, 2.45) is 0 Å². The first-order chi connectivity index (χ1) is 7.67. The number of aliphatic hydroxyl groups excluding tert-OH is 1. The van der Waals surface area contributed by atoms with Crippen LogP contribution in [0.3, 0.4) is 0 Å². The molecule has 92 valence electrons. The van der Waals surface area contributed by atoms with Gasteiger partial charge in [0.05, 0.1) is 13.2 Å². The molecule has 1 heterocycles. The van der Waals surface area contributed by atoms with E-state index in [1.54, 1.807) is 0 Å². The SMILES string of the molecule is CCCCc1nc(CN(C)C(C)CO)no1. The fourth-order valence-corrected chi connectivity index (χ4v) is 1.30. The van der Waals surface area contributed by atoms with E-state index in [1.807, 2.05) is 18.9 Å². The summed E-state index contributed by atoms with van der Waals surface area (Å²) in [6.45, 7) is 4.83. The van der Waals surface area contributed by atoms with Gasteiger partial charge in [-0.2, -0.15) is 4.98 Å². The van der Waals surface area contributed by atoms with Gasteiger partial charge in [0, 0.05) is 12.5 Å². The Bertz CT molecular complexity index is 301. The second-order valence-electron chi connectivity index (χ2n) is 4.15. The molecule has 1 unspecified atom stereocenters. The van der Waals surface area contributed by atoms with Gasteiger partial charge in [-0.15, -0.1) is 0 Å². The van der Waals surface area contributed by atoms with Gasteiger partial charge in [0.15, 0.2) is 5.82 Å². The smallest absolute Gasteiger partial charge is 0.226 e. The summed E-state index contributed by atoms with van der Waals surface area (Å²) < 4.78 is 5.13. The molecule has 0 aliphatic rings. The van der Waals surface area contributed by atoms with Crippen LogP contribution in [-0.2, 0) is 13.0 Å². The fourth-order valence-electron chi connectivity index (χ4n) is 1.30. The van der Waals surface area contributed by atoms with Crippen molar-refractivity contribution in [2.75, 3.05) is 13.7 Å². The molecule has 1 aromatic heterocycles. The number of nitrogens with zero attached hydrogens (tertiary/aromatic N) is 3. The van der Waals surface area contributed by atoms with Crippen LogP contribution in [0.25, 0.3) is 0 Å². The van der Waals surface area contributed by atoms with Crippen molar-refractivity contribution in [3.63, 3.8) is 0 Å². The number of aromatic nitrogens is 2. The lowest BCUT2D eigenvalue weighted by Crippen LogP contribution is -2.31. The van der Waals surface area contributed by atoms with Crippen LogP contribution in [0.1, 0.15) is 38.4 Å². The lowest BCUT2D eigenvalue weighted by Gasteiger charge is -2.20. The molecule has 0 saturated carbocycles. The lowest BCUT2D eigenvalue weighted by atomic mass is 10.2. The van der Waals surface area contributed by atoms with E-state index in [1.165, 1.54) is 0 Å². The molecule has 0 aliphatic carbocycles. The van der Waals surface area contributed by atoms with Crippen molar-refractivity contribution in [1.29, 1.82) is 0 Å². The molecule has 0 radical (unpaired) electrons. The Balaban J connectivity index is 2.45. The van der Waals surface area contributed by atoms with Crippen LogP contribution in [-0.4, -0.2) is 39.8 Å². The summed E-state index contributed by atoms with van der Waals surface area (Å²) in [6.07, 6.45) is 3.05. The second-order valence-corrected chi connectivity index (χ2v) is 4.15. The molecule has 0 aromatic carbocycles. The zero-order valence-corrected chi connectivity index (χ0v) is 10.3. The highest BCUT2D eigenvalue weighted by Crippen LogP contribution is 2.06. The highest BCUT2D eigenvalue weighted by Gasteiger charge is 2.12. The number of aliphatic hydroxyl groups is 1. The summed E-state index contributed by atoms with van der Waals surface area (Å²) in [5.74, 6) is 1.40. The molecule has 1 aromatic rings. The maximum absolute atomic E-state index is 9.00. The molecule has 5 nitrogen and oxygen atoms in total. The molecule has 16 heavy (non-hydrogen) atoms. The zero-order valence-electron chi connectivity index (χ0n) is 10.3.